The molecule has 0 spiro atoms. The van der Waals surface area contributed by atoms with Crippen LogP contribution in [0.2, 0.25) is 0 Å². The lowest BCUT2D eigenvalue weighted by Crippen LogP contribution is -2.45. The molecule has 0 saturated carbocycles. The maximum absolute atomic E-state index is 12.2. The molecule has 1 aromatic rings. The first kappa shape index (κ1) is 30.6. The number of aryl methyl sites for hydroxylation is 2. The van der Waals surface area contributed by atoms with Crippen LogP contribution in [-0.4, -0.2) is 48.4 Å². The molecule has 0 atom stereocenters. The van der Waals surface area contributed by atoms with Gasteiger partial charge in [0.1, 0.15) is 0 Å². The van der Waals surface area contributed by atoms with Gasteiger partial charge in [-0.15, -0.1) is 0 Å². The van der Waals surface area contributed by atoms with Gasteiger partial charge < -0.3 is 19.3 Å². The number of carbonyl (C=O) groups excluding carboxylic acids is 3. The normalized spacial score (nSPS) is 10.6. The molecule has 0 aliphatic carbocycles. The lowest BCUT2D eigenvalue weighted by atomic mass is 9.95. The van der Waals surface area contributed by atoms with E-state index in [1.807, 2.05) is 20.8 Å². The molecule has 0 heterocycles. The van der Waals surface area contributed by atoms with E-state index in [2.05, 4.69) is 38.1 Å². The van der Waals surface area contributed by atoms with Crippen LogP contribution < -0.4 is 0 Å². The van der Waals surface area contributed by atoms with Crippen molar-refractivity contribution in [2.24, 2.45) is 0 Å². The van der Waals surface area contributed by atoms with E-state index in [0.29, 0.717) is 19.3 Å². The summed E-state index contributed by atoms with van der Waals surface area (Å²) in [6.07, 6.45) is 3.23. The Balaban J connectivity index is 0.00000106. The third-order valence-electron chi connectivity index (χ3n) is 4.93. The van der Waals surface area contributed by atoms with Crippen LogP contribution in [0.25, 0.3) is 0 Å². The molecule has 0 aromatic heterocycles. The van der Waals surface area contributed by atoms with E-state index in [1.54, 1.807) is 0 Å². The number of benzene rings is 1. The minimum atomic E-state index is -2.26. The molecule has 1 aromatic carbocycles. The molecule has 0 aliphatic heterocycles. The van der Waals surface area contributed by atoms with Crippen LogP contribution in [0.3, 0.4) is 0 Å². The van der Waals surface area contributed by atoms with E-state index in [9.17, 15) is 19.5 Å². The van der Waals surface area contributed by atoms with Crippen molar-refractivity contribution >= 4 is 17.9 Å². The highest BCUT2D eigenvalue weighted by Gasteiger charge is 2.43. The number of ether oxygens (including phenoxy) is 3. The third kappa shape index (κ3) is 14.4. The molecule has 1 rings (SSSR count). The zero-order chi connectivity index (χ0) is 25.1. The van der Waals surface area contributed by atoms with Crippen molar-refractivity contribution in [1.82, 2.24) is 0 Å². The van der Waals surface area contributed by atoms with E-state index in [4.69, 9.17) is 14.2 Å². The standard InChI is InChI=1S/C18H32O7.C8H10/c1-4-7-10-23-15(19)13-18(22,17(21)25-12-9-6-3)14-16(20)24-11-8-5-2;1-7-5-3-4-6-8(7)2/h22H,4-14H2,1-3H3;3-6H,1-2H3. The second-order valence-corrected chi connectivity index (χ2v) is 8.11. The molecule has 0 fully saturated rings. The summed E-state index contributed by atoms with van der Waals surface area (Å²) in [5.74, 6) is -2.49. The topological polar surface area (TPSA) is 99.1 Å². The first-order valence-electron chi connectivity index (χ1n) is 11.9. The molecule has 0 saturated heterocycles. The van der Waals surface area contributed by atoms with Crippen molar-refractivity contribution in [2.75, 3.05) is 19.8 Å². The van der Waals surface area contributed by atoms with E-state index < -0.39 is 36.4 Å². The minimum absolute atomic E-state index is 0.118. The number of hydrogen-bond donors (Lipinski definition) is 1. The Bertz CT molecular complexity index is 655. The van der Waals surface area contributed by atoms with Crippen molar-refractivity contribution in [3.63, 3.8) is 0 Å². The van der Waals surface area contributed by atoms with Crippen molar-refractivity contribution in [2.45, 2.75) is 91.6 Å². The van der Waals surface area contributed by atoms with Gasteiger partial charge >= 0.3 is 17.9 Å². The maximum Gasteiger partial charge on any atom is 0.339 e. The molecular formula is C26H42O7. The second-order valence-electron chi connectivity index (χ2n) is 8.11. The van der Waals surface area contributed by atoms with Crippen LogP contribution in [0.15, 0.2) is 24.3 Å². The Labute approximate surface area is 198 Å². The molecule has 0 radical (unpaired) electrons. The van der Waals surface area contributed by atoms with Gasteiger partial charge in [-0.2, -0.15) is 0 Å². The second kappa shape index (κ2) is 18.1. The molecule has 0 bridgehead atoms. The first-order valence-corrected chi connectivity index (χ1v) is 11.9. The highest BCUT2D eigenvalue weighted by Crippen LogP contribution is 2.20. The van der Waals surface area contributed by atoms with Gasteiger partial charge in [0.2, 0.25) is 0 Å². The van der Waals surface area contributed by atoms with Crippen LogP contribution in [0, 0.1) is 13.8 Å². The number of aliphatic hydroxyl groups is 1. The monoisotopic (exact) mass is 466 g/mol. The van der Waals surface area contributed by atoms with Crippen LogP contribution >= 0.6 is 0 Å². The van der Waals surface area contributed by atoms with Gasteiger partial charge in [-0.25, -0.2) is 4.79 Å². The Morgan fingerprint density at radius 2 is 1.09 bits per heavy atom. The zero-order valence-electron chi connectivity index (χ0n) is 21.0. The number of unbranched alkanes of at least 4 members (excludes halogenated alkanes) is 3. The SMILES string of the molecule is CCCCOC(=O)CC(O)(CC(=O)OCCCC)C(=O)OCCCC.Cc1ccccc1C. The summed E-state index contributed by atoms with van der Waals surface area (Å²) in [6.45, 7) is 10.6. The van der Waals surface area contributed by atoms with Crippen molar-refractivity contribution in [1.29, 1.82) is 0 Å². The van der Waals surface area contributed by atoms with Gasteiger partial charge in [0.05, 0.1) is 32.7 Å². The molecule has 1 N–H and O–H groups in total. The Morgan fingerprint density at radius 3 is 1.42 bits per heavy atom. The molecule has 33 heavy (non-hydrogen) atoms. The molecule has 188 valence electrons. The van der Waals surface area contributed by atoms with Gasteiger partial charge in [0.15, 0.2) is 5.60 Å². The molecular weight excluding hydrogens is 424 g/mol. The summed E-state index contributed by atoms with van der Waals surface area (Å²) < 4.78 is 14.9. The van der Waals surface area contributed by atoms with Crippen LogP contribution in [0.1, 0.15) is 83.3 Å². The number of esters is 3. The lowest BCUT2D eigenvalue weighted by molar-refractivity contribution is -0.178. The summed E-state index contributed by atoms with van der Waals surface area (Å²) in [4.78, 5) is 35.9. The Hall–Kier alpha value is -2.41. The summed E-state index contributed by atoms with van der Waals surface area (Å²) in [6, 6.07) is 8.36. The predicted octanol–water partition coefficient (Wildman–Crippen LogP) is 4.83. The molecule has 7 nitrogen and oxygen atoms in total. The fourth-order valence-corrected chi connectivity index (χ4v) is 2.55. The molecule has 0 amide bonds. The quantitative estimate of drug-likeness (QED) is 0.238. The van der Waals surface area contributed by atoms with E-state index in [-0.39, 0.29) is 19.8 Å². The fraction of sp³-hybridized carbons (Fsp3) is 0.654. The molecule has 7 heteroatoms. The largest absolute Gasteiger partial charge is 0.466 e. The smallest absolute Gasteiger partial charge is 0.339 e. The fourth-order valence-electron chi connectivity index (χ4n) is 2.55. The number of rotatable bonds is 14. The van der Waals surface area contributed by atoms with Crippen molar-refractivity contribution in [3.05, 3.63) is 35.4 Å². The number of hydrogen-bond acceptors (Lipinski definition) is 7. The van der Waals surface area contributed by atoms with Crippen molar-refractivity contribution < 1.29 is 33.7 Å². The summed E-state index contributed by atoms with van der Waals surface area (Å²) in [7, 11) is 0. The lowest BCUT2D eigenvalue weighted by Gasteiger charge is -2.24. The zero-order valence-corrected chi connectivity index (χ0v) is 21.0. The van der Waals surface area contributed by atoms with Crippen LogP contribution in [0.4, 0.5) is 0 Å². The molecule has 0 unspecified atom stereocenters. The summed E-state index contributed by atoms with van der Waals surface area (Å²) >= 11 is 0. The van der Waals surface area contributed by atoms with E-state index in [1.165, 1.54) is 11.1 Å². The first-order chi connectivity index (χ1) is 15.7. The van der Waals surface area contributed by atoms with Gasteiger partial charge in [-0.05, 0) is 44.2 Å². The van der Waals surface area contributed by atoms with Crippen LogP contribution in [-0.2, 0) is 28.6 Å². The Morgan fingerprint density at radius 1 is 0.727 bits per heavy atom. The van der Waals surface area contributed by atoms with Gasteiger partial charge in [0.25, 0.3) is 0 Å². The van der Waals surface area contributed by atoms with E-state index >= 15 is 0 Å². The summed E-state index contributed by atoms with van der Waals surface area (Å²) in [5, 5.41) is 10.6. The Kier molecular flexibility index (Phi) is 16.7. The van der Waals surface area contributed by atoms with Gasteiger partial charge in [0, 0.05) is 0 Å². The maximum atomic E-state index is 12.2. The van der Waals surface area contributed by atoms with Crippen molar-refractivity contribution in [3.8, 4) is 0 Å². The average molecular weight is 467 g/mol. The van der Waals surface area contributed by atoms with Crippen LogP contribution in [0.5, 0.6) is 0 Å². The van der Waals surface area contributed by atoms with E-state index in [0.717, 1.165) is 19.3 Å². The predicted molar refractivity (Wildman–Crippen MR) is 128 cm³/mol. The highest BCUT2D eigenvalue weighted by molar-refractivity contribution is 5.90. The summed E-state index contributed by atoms with van der Waals surface area (Å²) in [5.41, 5.74) is 0.473. The highest BCUT2D eigenvalue weighted by atomic mass is 16.6. The average Bonchev–Trinajstić information content (AvgIpc) is 2.76. The third-order valence-corrected chi connectivity index (χ3v) is 4.93. The molecule has 0 aliphatic rings. The van der Waals surface area contributed by atoms with Gasteiger partial charge in [-0.1, -0.05) is 64.3 Å². The number of carbonyl (C=O) groups is 3. The minimum Gasteiger partial charge on any atom is -0.466 e. The van der Waals surface area contributed by atoms with Gasteiger partial charge in [-0.3, -0.25) is 9.59 Å².